The van der Waals surface area contributed by atoms with Crippen molar-refractivity contribution in [3.63, 3.8) is 0 Å². The van der Waals surface area contributed by atoms with Crippen molar-refractivity contribution in [1.29, 1.82) is 0 Å². The number of aromatic nitrogens is 3. The molecule has 3 atom stereocenters. The summed E-state index contributed by atoms with van der Waals surface area (Å²) in [4.78, 5) is 56.6. The van der Waals surface area contributed by atoms with Gasteiger partial charge in [-0.15, -0.1) is 0 Å². The molecule has 6 N–H and O–H groups in total. The van der Waals surface area contributed by atoms with Crippen LogP contribution in [-0.4, -0.2) is 69.3 Å². The van der Waals surface area contributed by atoms with Gasteiger partial charge < -0.3 is 31.6 Å². The molecule has 4 heterocycles. The van der Waals surface area contributed by atoms with Crippen LogP contribution in [0.5, 0.6) is 0 Å². The van der Waals surface area contributed by atoms with Crippen molar-refractivity contribution in [3.8, 4) is 0 Å². The van der Waals surface area contributed by atoms with Crippen LogP contribution in [0.15, 0.2) is 95.4 Å². The molecule has 11 nitrogen and oxygen atoms in total. The van der Waals surface area contributed by atoms with Crippen LogP contribution in [0.4, 0.5) is 13.2 Å². The third-order valence-electron chi connectivity index (χ3n) is 9.74. The maximum Gasteiger partial charge on any atom is 0.416 e. The van der Waals surface area contributed by atoms with Gasteiger partial charge in [-0.1, -0.05) is 53.7 Å². The van der Waals surface area contributed by atoms with Gasteiger partial charge in [0.15, 0.2) is 0 Å². The fraction of sp³-hybridized carbons (Fsp3) is 0.325. The van der Waals surface area contributed by atoms with Crippen molar-refractivity contribution in [2.75, 3.05) is 13.6 Å². The number of hydrogen-bond donors (Lipinski definition) is 5. The van der Waals surface area contributed by atoms with E-state index in [4.69, 9.17) is 17.3 Å². The van der Waals surface area contributed by atoms with E-state index in [1.807, 2.05) is 30.3 Å². The monoisotopic (exact) mass is 806 g/mol. The van der Waals surface area contributed by atoms with Crippen LogP contribution < -0.4 is 21.7 Å². The number of nitrogens with zero attached hydrogens (tertiary/aromatic N) is 3. The number of nitrogens with two attached hydrogens (primary N) is 1. The standard InChI is InChI=1S/C40H42ClF3N8O3S/c1-52-34(18-26-22-48-31-11-3-2-10-29(26)31)37(54)50-23-27-17-28(40(42,43)44)19-30(41)35(27)56-38-25(9-7-15-47-38)21-49-33(16-24-8-6-14-46-20-24)36(53)51-32(39(52)55)12-4-5-13-45/h2-3,6-11,14-15,17,19-20,22,32-34,48-49H,4-5,12-13,16,18,21,23,45H2,1H3,(H,50,54)(H,51,53)/t32-,33-,34-/m0/s1. The number of carbonyl (C=O) groups is 3. The Balaban J connectivity index is 1.45. The zero-order chi connectivity index (χ0) is 39.8. The lowest BCUT2D eigenvalue weighted by atomic mass is 10.0. The Bertz CT molecular complexity index is 2170. The molecule has 3 aromatic heterocycles. The Morgan fingerprint density at radius 3 is 2.52 bits per heavy atom. The summed E-state index contributed by atoms with van der Waals surface area (Å²) in [5.41, 5.74) is 7.93. The van der Waals surface area contributed by atoms with Gasteiger partial charge in [0, 0.05) is 67.1 Å². The molecule has 0 spiro atoms. The van der Waals surface area contributed by atoms with Gasteiger partial charge in [0.05, 0.1) is 16.6 Å². The van der Waals surface area contributed by atoms with Gasteiger partial charge in [0.2, 0.25) is 17.7 Å². The largest absolute Gasteiger partial charge is 0.416 e. The van der Waals surface area contributed by atoms with Gasteiger partial charge in [0.1, 0.15) is 17.1 Å². The first-order valence-corrected chi connectivity index (χ1v) is 19.4. The molecule has 0 bridgehead atoms. The Hall–Kier alpha value is -4.96. The lowest BCUT2D eigenvalue weighted by Crippen LogP contribution is -2.57. The number of aromatic amines is 1. The zero-order valence-corrected chi connectivity index (χ0v) is 32.1. The van der Waals surface area contributed by atoms with Crippen molar-refractivity contribution in [3.05, 3.63) is 118 Å². The second-order valence-electron chi connectivity index (χ2n) is 13.6. The topological polar surface area (TPSA) is 158 Å². The summed E-state index contributed by atoms with van der Waals surface area (Å²) in [5, 5.41) is 10.2. The molecular formula is C40H42ClF3N8O3S. The number of alkyl halides is 3. The quantitative estimate of drug-likeness (QED) is 0.123. The molecule has 6 rings (SSSR count). The first-order valence-electron chi connectivity index (χ1n) is 18.2. The molecule has 0 saturated heterocycles. The Morgan fingerprint density at radius 2 is 1.75 bits per heavy atom. The maximum absolute atomic E-state index is 14.5. The van der Waals surface area contributed by atoms with Gasteiger partial charge in [-0.2, -0.15) is 13.2 Å². The van der Waals surface area contributed by atoms with E-state index in [-0.39, 0.29) is 47.8 Å². The molecule has 5 aromatic rings. The number of rotatable bonds is 8. The summed E-state index contributed by atoms with van der Waals surface area (Å²) in [7, 11) is 1.49. The first kappa shape index (κ1) is 40.7. The summed E-state index contributed by atoms with van der Waals surface area (Å²) in [5.74, 6) is -1.56. The average Bonchev–Trinajstić information content (AvgIpc) is 3.60. The van der Waals surface area contributed by atoms with Gasteiger partial charge in [-0.3, -0.25) is 19.4 Å². The van der Waals surface area contributed by atoms with Gasteiger partial charge in [0.25, 0.3) is 0 Å². The van der Waals surface area contributed by atoms with E-state index in [0.717, 1.165) is 45.9 Å². The second kappa shape index (κ2) is 18.3. The number of pyridine rings is 2. The Kier molecular flexibility index (Phi) is 13.3. The second-order valence-corrected chi connectivity index (χ2v) is 15.0. The van der Waals surface area contributed by atoms with E-state index in [1.165, 1.54) is 11.9 Å². The lowest BCUT2D eigenvalue weighted by Gasteiger charge is -2.32. The van der Waals surface area contributed by atoms with Crippen LogP contribution in [0.3, 0.4) is 0 Å². The number of carbonyl (C=O) groups excluding carboxylic acids is 3. The summed E-state index contributed by atoms with van der Waals surface area (Å²) >= 11 is 7.66. The number of H-pyrrole nitrogens is 1. The highest BCUT2D eigenvalue weighted by molar-refractivity contribution is 7.99. The highest BCUT2D eigenvalue weighted by atomic mass is 35.5. The number of nitrogens with one attached hydrogen (secondary N) is 4. The summed E-state index contributed by atoms with van der Waals surface area (Å²) in [6, 6.07) is 13.4. The van der Waals surface area contributed by atoms with E-state index in [2.05, 4.69) is 30.9 Å². The number of halogens is 4. The molecule has 0 unspecified atom stereocenters. The Labute approximate surface area is 331 Å². The van der Waals surface area contributed by atoms with E-state index in [0.29, 0.717) is 30.0 Å². The van der Waals surface area contributed by atoms with E-state index in [1.54, 1.807) is 43.0 Å². The molecule has 16 heteroatoms. The van der Waals surface area contributed by atoms with Crippen LogP contribution in [0.2, 0.25) is 5.02 Å². The average molecular weight is 807 g/mol. The molecule has 1 aliphatic heterocycles. The minimum absolute atomic E-state index is 0.0645. The number of hydrogen-bond acceptors (Lipinski definition) is 8. The number of benzene rings is 2. The summed E-state index contributed by atoms with van der Waals surface area (Å²) in [6.07, 6.45) is 3.55. The summed E-state index contributed by atoms with van der Waals surface area (Å²) in [6.45, 7) is 0.188. The van der Waals surface area contributed by atoms with Crippen molar-refractivity contribution in [1.82, 2.24) is 35.8 Å². The summed E-state index contributed by atoms with van der Waals surface area (Å²) < 4.78 is 42.4. The molecule has 3 amide bonds. The van der Waals surface area contributed by atoms with Gasteiger partial charge in [-0.25, -0.2) is 4.98 Å². The van der Waals surface area contributed by atoms with Gasteiger partial charge in [-0.05, 0) is 84.8 Å². The predicted octanol–water partition coefficient (Wildman–Crippen LogP) is 5.80. The van der Waals surface area contributed by atoms with Crippen molar-refractivity contribution in [2.45, 2.75) is 79.4 Å². The molecule has 1 aliphatic rings. The minimum Gasteiger partial charge on any atom is -0.361 e. The molecule has 0 radical (unpaired) electrons. The molecule has 0 fully saturated rings. The SMILES string of the molecule is CN1C(=O)[C@H](CCCCN)NC(=O)[C@H](Cc2cccnc2)NCc2cccnc2Sc2c(Cl)cc(C(F)(F)F)cc2CNC(=O)[C@@H]1Cc1c[nH]c2ccccc12. The molecule has 2 aromatic carbocycles. The van der Waals surface area contributed by atoms with Crippen molar-refractivity contribution >= 4 is 52.0 Å². The lowest BCUT2D eigenvalue weighted by molar-refractivity contribution is -0.142. The fourth-order valence-electron chi connectivity index (χ4n) is 6.69. The maximum atomic E-state index is 14.5. The van der Waals surface area contributed by atoms with Crippen LogP contribution in [-0.2, 0) is 46.5 Å². The molecule has 56 heavy (non-hydrogen) atoms. The zero-order valence-electron chi connectivity index (χ0n) is 30.5. The van der Waals surface area contributed by atoms with E-state index >= 15 is 0 Å². The molecular weight excluding hydrogens is 765 g/mol. The van der Waals surface area contributed by atoms with Crippen molar-refractivity contribution in [2.24, 2.45) is 5.73 Å². The van der Waals surface area contributed by atoms with Crippen LogP contribution in [0, 0.1) is 0 Å². The van der Waals surface area contributed by atoms with Crippen molar-refractivity contribution < 1.29 is 27.6 Å². The molecule has 294 valence electrons. The number of unbranched alkanes of at least 4 members (excludes halogenated alkanes) is 1. The third-order valence-corrected chi connectivity index (χ3v) is 11.4. The van der Waals surface area contributed by atoms with Crippen LogP contribution in [0.25, 0.3) is 10.9 Å². The highest BCUT2D eigenvalue weighted by Crippen LogP contribution is 2.41. The van der Waals surface area contributed by atoms with E-state index in [9.17, 15) is 27.6 Å². The highest BCUT2D eigenvalue weighted by Gasteiger charge is 2.36. The minimum atomic E-state index is -4.72. The predicted molar refractivity (Wildman–Crippen MR) is 209 cm³/mol. The first-order chi connectivity index (χ1) is 26.9. The molecule has 0 aliphatic carbocycles. The van der Waals surface area contributed by atoms with Gasteiger partial charge >= 0.3 is 6.18 Å². The van der Waals surface area contributed by atoms with Crippen LogP contribution >= 0.6 is 23.4 Å². The number of amides is 3. The smallest absolute Gasteiger partial charge is 0.361 e. The Morgan fingerprint density at radius 1 is 0.946 bits per heavy atom. The normalized spacial score (nSPS) is 18.9. The fourth-order valence-corrected chi connectivity index (χ4v) is 8.04. The van der Waals surface area contributed by atoms with Crippen LogP contribution in [0.1, 0.15) is 47.1 Å². The number of fused-ring (bicyclic) bond motifs is 3. The number of para-hydroxylation sites is 1. The number of likely N-dealkylation sites (N-methyl/N-ethyl adjacent to an activating group) is 1. The van der Waals surface area contributed by atoms with E-state index < -0.39 is 47.6 Å². The molecule has 0 saturated carbocycles. The third kappa shape index (κ3) is 9.88.